The summed E-state index contributed by atoms with van der Waals surface area (Å²) < 4.78 is 46.5. The Balaban J connectivity index is 1.09. The Morgan fingerprint density at radius 2 is 1.73 bits per heavy atom. The van der Waals surface area contributed by atoms with Crippen molar-refractivity contribution >= 4 is 52.2 Å². The number of H-pyrrole nitrogens is 1. The second kappa shape index (κ2) is 11.4. The van der Waals surface area contributed by atoms with Crippen molar-refractivity contribution < 1.29 is 32.3 Å². The Bertz CT molecular complexity index is 2040. The number of nitrogens with one attached hydrogen (secondary N) is 2. The van der Waals surface area contributed by atoms with E-state index in [1.54, 1.807) is 12.1 Å². The fraction of sp³-hybridized carbons (Fsp3) is 0.314. The van der Waals surface area contributed by atoms with Gasteiger partial charge in [-0.25, -0.2) is 0 Å². The molecular formula is C35H28F3N3O5S2. The van der Waals surface area contributed by atoms with E-state index in [1.165, 1.54) is 23.9 Å². The molecule has 3 heterocycles. The van der Waals surface area contributed by atoms with E-state index >= 15 is 0 Å². The van der Waals surface area contributed by atoms with Gasteiger partial charge in [0.25, 0.3) is 5.91 Å². The lowest BCUT2D eigenvalue weighted by atomic mass is 9.68. The molecule has 1 saturated heterocycles. The smallest absolute Gasteiger partial charge is 0.416 e. The first-order valence-corrected chi connectivity index (χ1v) is 17.2. The van der Waals surface area contributed by atoms with E-state index in [4.69, 9.17) is 4.74 Å². The van der Waals surface area contributed by atoms with Crippen molar-refractivity contribution in [3.8, 4) is 5.75 Å². The van der Waals surface area contributed by atoms with Gasteiger partial charge in [-0.15, -0.1) is 11.8 Å². The zero-order chi connectivity index (χ0) is 33.5. The number of fused-ring (bicyclic) bond motifs is 9. The van der Waals surface area contributed by atoms with Gasteiger partial charge in [-0.2, -0.15) is 13.2 Å². The van der Waals surface area contributed by atoms with Crippen LogP contribution in [0.15, 0.2) is 82.6 Å². The van der Waals surface area contributed by atoms with E-state index in [1.807, 2.05) is 43.3 Å². The molecule has 2 saturated carbocycles. The zero-order valence-corrected chi connectivity index (χ0v) is 27.0. The number of halogens is 3. The SMILES string of the molecule is Cc1cccc(NC(=O)COc2cccc([C@@H]3c4sc(=O)[nH]c4S[C@@H]4[C@@H]5C[C@@H]([C@@H]6C(=O)N(c7cccc(C(F)(F)F)c7)C(=O)[C@@H]56)[C@H]34)c2)c1. The molecule has 7 atom stereocenters. The van der Waals surface area contributed by atoms with E-state index in [0.29, 0.717) is 17.9 Å². The number of carbonyl (C=O) groups excluding carboxylic acids is 3. The number of hydrogen-bond acceptors (Lipinski definition) is 7. The van der Waals surface area contributed by atoms with E-state index < -0.39 is 35.4 Å². The fourth-order valence-corrected chi connectivity index (χ4v) is 11.2. The van der Waals surface area contributed by atoms with E-state index in [-0.39, 0.29) is 52.0 Å². The van der Waals surface area contributed by atoms with E-state index in [9.17, 15) is 32.3 Å². The second-order valence-corrected chi connectivity index (χ2v) is 15.0. The molecule has 246 valence electrons. The average Bonchev–Trinajstić information content (AvgIpc) is 3.78. The largest absolute Gasteiger partial charge is 0.484 e. The minimum Gasteiger partial charge on any atom is -0.484 e. The number of thioether (sulfide) groups is 1. The summed E-state index contributed by atoms with van der Waals surface area (Å²) in [5.41, 5.74) is 1.54. The molecule has 0 radical (unpaired) electrons. The van der Waals surface area contributed by atoms with Crippen molar-refractivity contribution in [3.05, 3.63) is 104 Å². The summed E-state index contributed by atoms with van der Waals surface area (Å²) in [6.07, 6.45) is -3.98. The van der Waals surface area contributed by atoms with Gasteiger partial charge in [0, 0.05) is 21.7 Å². The first kappa shape index (κ1) is 30.9. The van der Waals surface area contributed by atoms with Crippen LogP contribution < -0.4 is 19.8 Å². The molecule has 3 fully saturated rings. The number of aromatic amines is 1. The van der Waals surface area contributed by atoms with Crippen molar-refractivity contribution in [2.45, 2.75) is 35.7 Å². The minimum atomic E-state index is -4.62. The number of imide groups is 1. The van der Waals surface area contributed by atoms with Crippen molar-refractivity contribution in [2.24, 2.45) is 29.6 Å². The fourth-order valence-electron chi connectivity index (χ4n) is 8.33. The van der Waals surface area contributed by atoms with Crippen molar-refractivity contribution in [1.82, 2.24) is 4.98 Å². The Morgan fingerprint density at radius 3 is 2.50 bits per heavy atom. The average molecular weight is 692 g/mol. The normalized spacial score (nSPS) is 27.1. The van der Waals surface area contributed by atoms with Gasteiger partial charge in [0.15, 0.2) is 6.61 Å². The quantitative estimate of drug-likeness (QED) is 0.225. The second-order valence-electron chi connectivity index (χ2n) is 12.8. The summed E-state index contributed by atoms with van der Waals surface area (Å²) in [4.78, 5) is 57.6. The maximum atomic E-state index is 14.0. The van der Waals surface area contributed by atoms with Crippen LogP contribution in [0, 0.1) is 36.5 Å². The number of nitrogens with zero attached hydrogens (tertiary/aromatic N) is 1. The number of aromatic nitrogens is 1. The summed E-state index contributed by atoms with van der Waals surface area (Å²) in [7, 11) is 0. The molecule has 2 bridgehead atoms. The van der Waals surface area contributed by atoms with Crippen LogP contribution in [0.25, 0.3) is 0 Å². The lowest BCUT2D eigenvalue weighted by Gasteiger charge is -2.43. The number of benzene rings is 3. The van der Waals surface area contributed by atoms with Crippen LogP contribution in [0.4, 0.5) is 24.5 Å². The number of thiazole rings is 1. The highest BCUT2D eigenvalue weighted by atomic mass is 32.2. The molecule has 13 heteroatoms. The molecule has 2 aliphatic carbocycles. The highest BCUT2D eigenvalue weighted by Gasteiger charge is 2.69. The number of hydrogen-bond donors (Lipinski definition) is 2. The van der Waals surface area contributed by atoms with E-state index in [0.717, 1.165) is 49.4 Å². The van der Waals surface area contributed by atoms with Crippen LogP contribution in [-0.4, -0.2) is 34.6 Å². The summed E-state index contributed by atoms with van der Waals surface area (Å²) in [5.74, 6) is -2.89. The molecule has 48 heavy (non-hydrogen) atoms. The number of rotatable bonds is 6. The van der Waals surface area contributed by atoms with Gasteiger partial charge in [-0.05, 0) is 84.7 Å². The van der Waals surface area contributed by atoms with Gasteiger partial charge < -0.3 is 15.0 Å². The highest BCUT2D eigenvalue weighted by molar-refractivity contribution is 8.00. The third-order valence-electron chi connectivity index (χ3n) is 10.0. The van der Waals surface area contributed by atoms with Crippen molar-refractivity contribution in [1.29, 1.82) is 0 Å². The van der Waals surface area contributed by atoms with Crippen LogP contribution in [0.2, 0.25) is 0 Å². The number of alkyl halides is 3. The lowest BCUT2D eigenvalue weighted by Crippen LogP contribution is -2.42. The van der Waals surface area contributed by atoms with Crippen LogP contribution in [-0.2, 0) is 20.6 Å². The molecule has 0 spiro atoms. The topological polar surface area (TPSA) is 109 Å². The molecule has 1 aromatic heterocycles. The summed E-state index contributed by atoms with van der Waals surface area (Å²) in [6, 6.07) is 19.2. The van der Waals surface area contributed by atoms with Crippen LogP contribution in [0.5, 0.6) is 5.75 Å². The lowest BCUT2D eigenvalue weighted by molar-refractivity contribution is -0.137. The summed E-state index contributed by atoms with van der Waals surface area (Å²) >= 11 is 2.64. The van der Waals surface area contributed by atoms with Gasteiger partial charge in [0.05, 0.1) is 28.1 Å². The van der Waals surface area contributed by atoms with Crippen molar-refractivity contribution in [2.75, 3.05) is 16.8 Å². The first-order valence-electron chi connectivity index (χ1n) is 15.5. The molecular weight excluding hydrogens is 664 g/mol. The first-order chi connectivity index (χ1) is 23.0. The van der Waals surface area contributed by atoms with E-state index in [2.05, 4.69) is 10.3 Å². The summed E-state index contributed by atoms with van der Waals surface area (Å²) in [6.45, 7) is 1.71. The molecule has 3 aromatic carbocycles. The predicted molar refractivity (Wildman–Crippen MR) is 174 cm³/mol. The predicted octanol–water partition coefficient (Wildman–Crippen LogP) is 6.46. The molecule has 8 nitrogen and oxygen atoms in total. The summed E-state index contributed by atoms with van der Waals surface area (Å²) in [5, 5.41) is 3.46. The number of ether oxygens (including phenoxy) is 1. The van der Waals surface area contributed by atoms with Crippen LogP contribution in [0.3, 0.4) is 0 Å². The molecule has 2 aliphatic heterocycles. The maximum absolute atomic E-state index is 14.0. The van der Waals surface area contributed by atoms with Crippen LogP contribution >= 0.6 is 23.1 Å². The minimum absolute atomic E-state index is 0.0690. The molecule has 0 unspecified atom stereocenters. The molecule has 4 aliphatic rings. The highest BCUT2D eigenvalue weighted by Crippen LogP contribution is 2.68. The van der Waals surface area contributed by atoms with Gasteiger partial charge in [-0.1, -0.05) is 41.7 Å². The van der Waals surface area contributed by atoms with Gasteiger partial charge >= 0.3 is 11.0 Å². The molecule has 4 aromatic rings. The van der Waals surface area contributed by atoms with Crippen LogP contribution in [0.1, 0.15) is 33.9 Å². The molecule has 3 amide bonds. The molecule has 8 rings (SSSR count). The maximum Gasteiger partial charge on any atom is 0.416 e. The standard InChI is InChI=1S/C35H28F3N3O5S2/c1-16-5-2-8-19(11-16)39-24(42)15-46-21-10-3-6-17(12-21)25-26-22-14-23(29(26)47-31-30(25)48-34(45)40-31)28-27(22)32(43)41(33(28)44)20-9-4-7-18(13-20)35(36,37)38/h2-13,22-23,25-29H,14-15H2,1H3,(H,39,42)(H,40,45)/t22-,23-,25+,26-,27+,28+,29-/m1/s1. The van der Waals surface area contributed by atoms with Gasteiger partial charge in [0.1, 0.15) is 5.75 Å². The van der Waals surface area contributed by atoms with Crippen molar-refractivity contribution in [3.63, 3.8) is 0 Å². The monoisotopic (exact) mass is 691 g/mol. The Labute approximate surface area is 280 Å². The van der Waals surface area contributed by atoms with Gasteiger partial charge in [-0.3, -0.25) is 24.1 Å². The number of aryl methyl sites for hydroxylation is 1. The Morgan fingerprint density at radius 1 is 0.979 bits per heavy atom. The number of carbonyl (C=O) groups is 3. The Kier molecular flexibility index (Phi) is 7.33. The third-order valence-corrected chi connectivity index (χ3v) is 12.6. The number of amides is 3. The Hall–Kier alpha value is -4.36. The third kappa shape index (κ3) is 5.06. The zero-order valence-electron chi connectivity index (χ0n) is 25.3. The number of anilines is 2. The molecule has 2 N–H and O–H groups in total. The van der Waals surface area contributed by atoms with Gasteiger partial charge in [0.2, 0.25) is 11.8 Å².